The average Bonchev–Trinajstić information content (AvgIpc) is 2.83. The zero-order valence-electron chi connectivity index (χ0n) is 24.5. The number of hydrogen-bond donors (Lipinski definition) is 0. The van der Waals surface area contributed by atoms with Crippen molar-refractivity contribution in [1.29, 1.82) is 0 Å². The van der Waals surface area contributed by atoms with Gasteiger partial charge in [0.25, 0.3) is 0 Å². The van der Waals surface area contributed by atoms with E-state index in [9.17, 15) is 4.79 Å². The Morgan fingerprint density at radius 3 is 1.54 bits per heavy atom. The molecule has 208 valence electrons. The summed E-state index contributed by atoms with van der Waals surface area (Å²) in [4.78, 5) is 14.5. The van der Waals surface area contributed by atoms with E-state index in [4.69, 9.17) is 4.74 Å². The molecule has 0 bridgehead atoms. The van der Waals surface area contributed by atoms with Crippen molar-refractivity contribution in [2.75, 3.05) is 20.6 Å². The highest BCUT2D eigenvalue weighted by molar-refractivity contribution is 5.69. The van der Waals surface area contributed by atoms with Gasteiger partial charge in [-0.15, -0.1) is 0 Å². The summed E-state index contributed by atoms with van der Waals surface area (Å²) in [5, 5.41) is 0. The fourth-order valence-corrected chi connectivity index (χ4v) is 4.64. The Morgan fingerprint density at radius 2 is 1.06 bits per heavy atom. The van der Waals surface area contributed by atoms with Gasteiger partial charge >= 0.3 is 5.97 Å². The number of ether oxygens (including phenoxy) is 1. The van der Waals surface area contributed by atoms with Crippen molar-refractivity contribution in [3.8, 4) is 0 Å². The summed E-state index contributed by atoms with van der Waals surface area (Å²) in [6.45, 7) is 5.49. The lowest BCUT2D eigenvalue weighted by Gasteiger charge is -2.18. The number of nitrogens with zero attached hydrogens (tertiary/aromatic N) is 1. The highest BCUT2D eigenvalue weighted by atomic mass is 16.5. The van der Waals surface area contributed by atoms with E-state index in [0.29, 0.717) is 6.42 Å². The Hall–Kier alpha value is -0.830. The van der Waals surface area contributed by atoms with E-state index in [1.807, 2.05) is 0 Å². The van der Waals surface area contributed by atoms with Crippen LogP contribution in [0.2, 0.25) is 0 Å². The molecule has 0 aromatic rings. The molecule has 0 heterocycles. The fourth-order valence-electron chi connectivity index (χ4n) is 4.64. The molecule has 0 spiro atoms. The fraction of sp³-hybridized carbons (Fsp3) is 0.906. The molecule has 0 N–H and O–H groups in total. The van der Waals surface area contributed by atoms with Gasteiger partial charge in [0.05, 0.1) is 0 Å². The Labute approximate surface area is 220 Å². The van der Waals surface area contributed by atoms with Gasteiger partial charge in [0.15, 0.2) is 0 Å². The van der Waals surface area contributed by atoms with Gasteiger partial charge in [-0.05, 0) is 78.4 Å². The lowest BCUT2D eigenvalue weighted by Crippen LogP contribution is -2.20. The number of rotatable bonds is 27. The minimum Gasteiger partial charge on any atom is -0.462 e. The third kappa shape index (κ3) is 27.6. The van der Waals surface area contributed by atoms with Crippen LogP contribution in [0, 0.1) is 0 Å². The molecule has 0 radical (unpaired) electrons. The van der Waals surface area contributed by atoms with Crippen LogP contribution in [0.15, 0.2) is 12.2 Å². The zero-order valence-corrected chi connectivity index (χ0v) is 24.5. The summed E-state index contributed by atoms with van der Waals surface area (Å²) in [7, 11) is 4.11. The van der Waals surface area contributed by atoms with E-state index in [-0.39, 0.29) is 12.1 Å². The van der Waals surface area contributed by atoms with Crippen LogP contribution in [-0.2, 0) is 9.53 Å². The first-order chi connectivity index (χ1) is 17.1. The molecule has 0 rings (SSSR count). The zero-order chi connectivity index (χ0) is 25.8. The van der Waals surface area contributed by atoms with Gasteiger partial charge in [-0.2, -0.15) is 0 Å². The number of hydrogen-bond acceptors (Lipinski definition) is 3. The third-order valence-corrected chi connectivity index (χ3v) is 6.95. The number of carbonyl (C=O) groups is 1. The summed E-state index contributed by atoms with van der Waals surface area (Å²) in [5.74, 6) is 0.0119. The van der Waals surface area contributed by atoms with Gasteiger partial charge in [0.2, 0.25) is 0 Å². The smallest absolute Gasteiger partial charge is 0.306 e. The van der Waals surface area contributed by atoms with Crippen molar-refractivity contribution in [3.05, 3.63) is 12.2 Å². The lowest BCUT2D eigenvalue weighted by atomic mass is 10.0. The monoisotopic (exact) mass is 493 g/mol. The van der Waals surface area contributed by atoms with Crippen molar-refractivity contribution in [3.63, 3.8) is 0 Å². The minimum atomic E-state index is 0.0119. The molecule has 0 aliphatic heterocycles. The highest BCUT2D eigenvalue weighted by Gasteiger charge is 2.14. The molecule has 0 fully saturated rings. The summed E-state index contributed by atoms with van der Waals surface area (Å²) >= 11 is 0. The molecule has 1 unspecified atom stereocenters. The Morgan fingerprint density at radius 1 is 0.629 bits per heavy atom. The first kappa shape index (κ1) is 34.2. The molecular formula is C32H63NO2. The van der Waals surface area contributed by atoms with Crippen LogP contribution in [0.1, 0.15) is 162 Å². The quantitative estimate of drug-likeness (QED) is 0.0647. The molecule has 1 atom stereocenters. The molecule has 3 heteroatoms. The molecule has 0 aromatic heterocycles. The predicted octanol–water partition coefficient (Wildman–Crippen LogP) is 10.0. The van der Waals surface area contributed by atoms with Crippen LogP contribution in [0.4, 0.5) is 0 Å². The van der Waals surface area contributed by atoms with Crippen molar-refractivity contribution in [1.82, 2.24) is 4.90 Å². The number of unbranched alkanes of at least 4 members (excludes halogenated alkanes) is 16. The second-order valence-corrected chi connectivity index (χ2v) is 10.9. The summed E-state index contributed by atoms with van der Waals surface area (Å²) in [5.41, 5.74) is 0. The maximum atomic E-state index is 12.3. The van der Waals surface area contributed by atoms with Crippen molar-refractivity contribution >= 4 is 5.97 Å². The predicted molar refractivity (Wildman–Crippen MR) is 155 cm³/mol. The van der Waals surface area contributed by atoms with Gasteiger partial charge in [-0.3, -0.25) is 4.79 Å². The van der Waals surface area contributed by atoms with Gasteiger partial charge in [-0.25, -0.2) is 0 Å². The van der Waals surface area contributed by atoms with Gasteiger partial charge in [0, 0.05) is 6.42 Å². The lowest BCUT2D eigenvalue weighted by molar-refractivity contribution is -0.150. The van der Waals surface area contributed by atoms with E-state index in [1.54, 1.807) is 0 Å². The van der Waals surface area contributed by atoms with Crippen molar-refractivity contribution in [2.45, 2.75) is 168 Å². The second-order valence-electron chi connectivity index (χ2n) is 10.9. The SMILES string of the molecule is CCCCCC/C=C\CCCCCCCCCC(CCCCCCCC)OC(=O)CCCN(C)C. The maximum absolute atomic E-state index is 12.3. The first-order valence-corrected chi connectivity index (χ1v) is 15.6. The van der Waals surface area contributed by atoms with E-state index in [1.165, 1.54) is 122 Å². The van der Waals surface area contributed by atoms with Crippen LogP contribution in [0.25, 0.3) is 0 Å². The van der Waals surface area contributed by atoms with E-state index in [2.05, 4.69) is 45.0 Å². The van der Waals surface area contributed by atoms with Crippen LogP contribution < -0.4 is 0 Å². The first-order valence-electron chi connectivity index (χ1n) is 15.6. The van der Waals surface area contributed by atoms with Crippen LogP contribution in [0.3, 0.4) is 0 Å². The van der Waals surface area contributed by atoms with Crippen molar-refractivity contribution < 1.29 is 9.53 Å². The molecule has 0 aliphatic carbocycles. The molecule has 0 saturated carbocycles. The third-order valence-electron chi connectivity index (χ3n) is 6.95. The number of allylic oxidation sites excluding steroid dienone is 2. The second kappa shape index (κ2) is 27.8. The summed E-state index contributed by atoms with van der Waals surface area (Å²) < 4.78 is 5.92. The topological polar surface area (TPSA) is 29.5 Å². The molecule has 35 heavy (non-hydrogen) atoms. The molecular weight excluding hydrogens is 430 g/mol. The molecule has 3 nitrogen and oxygen atoms in total. The Balaban J connectivity index is 3.88. The van der Waals surface area contributed by atoms with E-state index < -0.39 is 0 Å². The average molecular weight is 494 g/mol. The number of carbonyl (C=O) groups excluding carboxylic acids is 1. The summed E-state index contributed by atoms with van der Waals surface area (Å²) in [6, 6.07) is 0. The molecule has 0 aliphatic rings. The van der Waals surface area contributed by atoms with Crippen LogP contribution in [-0.4, -0.2) is 37.6 Å². The van der Waals surface area contributed by atoms with E-state index in [0.717, 1.165) is 25.8 Å². The van der Waals surface area contributed by atoms with E-state index >= 15 is 0 Å². The highest BCUT2D eigenvalue weighted by Crippen LogP contribution is 2.18. The van der Waals surface area contributed by atoms with Crippen LogP contribution >= 0.6 is 0 Å². The minimum absolute atomic E-state index is 0.0119. The van der Waals surface area contributed by atoms with Gasteiger partial charge in [-0.1, -0.05) is 109 Å². The van der Waals surface area contributed by atoms with Gasteiger partial charge < -0.3 is 9.64 Å². The number of esters is 1. The summed E-state index contributed by atoms with van der Waals surface area (Å²) in [6.07, 6.45) is 33.5. The molecule has 0 amide bonds. The largest absolute Gasteiger partial charge is 0.462 e. The maximum Gasteiger partial charge on any atom is 0.306 e. The van der Waals surface area contributed by atoms with Crippen molar-refractivity contribution in [2.24, 2.45) is 0 Å². The Bertz CT molecular complexity index is 460. The Kier molecular flexibility index (Phi) is 27.1. The standard InChI is InChI=1S/C32H63NO2/c1-5-7-9-11-13-14-15-16-17-18-19-20-21-23-25-28-31(27-24-22-12-10-8-6-2)35-32(34)29-26-30-33(3)4/h14-15,31H,5-13,16-30H2,1-4H3/b15-14-. The van der Waals surface area contributed by atoms with Gasteiger partial charge in [0.1, 0.15) is 6.10 Å². The molecule has 0 saturated heterocycles. The normalized spacial score (nSPS) is 12.6. The molecule has 0 aromatic carbocycles. The van der Waals surface area contributed by atoms with Crippen LogP contribution in [0.5, 0.6) is 0 Å².